The van der Waals surface area contributed by atoms with Crippen molar-refractivity contribution >= 4 is 27.9 Å². The first-order valence-corrected chi connectivity index (χ1v) is 6.38. The van der Waals surface area contributed by atoms with E-state index in [9.17, 15) is 13.2 Å². The van der Waals surface area contributed by atoms with E-state index in [0.29, 0.717) is 6.42 Å². The van der Waals surface area contributed by atoms with E-state index in [0.717, 1.165) is 20.0 Å². The quantitative estimate of drug-likeness (QED) is 0.713. The summed E-state index contributed by atoms with van der Waals surface area (Å²) in [6.07, 6.45) is 1.30. The van der Waals surface area contributed by atoms with Crippen molar-refractivity contribution in [1.82, 2.24) is 9.44 Å². The first kappa shape index (κ1) is 12.5. The lowest BCUT2D eigenvalue weighted by molar-refractivity contribution is 0.177. The summed E-state index contributed by atoms with van der Waals surface area (Å²) in [5, 5.41) is -0.223. The molecule has 2 atom stereocenters. The Morgan fingerprint density at radius 3 is 2.60 bits per heavy atom. The van der Waals surface area contributed by atoms with Gasteiger partial charge in [0.25, 0.3) is 0 Å². The molecule has 1 rings (SSSR count). The lowest BCUT2D eigenvalue weighted by Gasteiger charge is -2.15. The molecule has 0 aliphatic heterocycles. The van der Waals surface area contributed by atoms with Gasteiger partial charge in [-0.25, -0.2) is 9.52 Å². The molecule has 0 bridgehead atoms. The molecule has 0 heterocycles. The second-order valence-electron chi connectivity index (χ2n) is 3.27. The number of rotatable bonds is 3. The van der Waals surface area contributed by atoms with Gasteiger partial charge in [0.1, 0.15) is 0 Å². The summed E-state index contributed by atoms with van der Waals surface area (Å²) in [6, 6.07) is -0.325. The van der Waals surface area contributed by atoms with Crippen LogP contribution in [0.2, 0.25) is 0 Å². The summed E-state index contributed by atoms with van der Waals surface area (Å²) in [5.74, 6) is 0. The monoisotopic (exact) mass is 256 g/mol. The topological polar surface area (TPSA) is 84.5 Å². The van der Waals surface area contributed by atoms with Gasteiger partial charge in [-0.05, 0) is 12.8 Å². The molecule has 88 valence electrons. The van der Waals surface area contributed by atoms with E-state index in [1.54, 1.807) is 4.72 Å². The first-order chi connectivity index (χ1) is 6.94. The zero-order valence-electron chi connectivity index (χ0n) is 8.20. The van der Waals surface area contributed by atoms with Crippen molar-refractivity contribution in [2.45, 2.75) is 30.7 Å². The van der Waals surface area contributed by atoms with E-state index in [1.807, 2.05) is 0 Å². The maximum atomic E-state index is 11.3. The van der Waals surface area contributed by atoms with E-state index in [2.05, 4.69) is 9.46 Å². The predicted molar refractivity (Wildman–Crippen MR) is 54.9 cm³/mol. The van der Waals surface area contributed by atoms with Gasteiger partial charge in [0.05, 0.1) is 12.5 Å². The second kappa shape index (κ2) is 5.00. The molecular weight excluding hydrogens is 244 g/mol. The normalized spacial score (nSPS) is 26.3. The number of carbonyl (C=O) groups excluding carboxylic acids is 1. The van der Waals surface area contributed by atoms with E-state index in [1.165, 1.54) is 0 Å². The Bertz CT molecular complexity index is 332. The van der Waals surface area contributed by atoms with Crippen molar-refractivity contribution in [3.63, 3.8) is 0 Å². The summed E-state index contributed by atoms with van der Waals surface area (Å²) in [4.78, 5) is 10.7. The van der Waals surface area contributed by atoms with Crippen molar-refractivity contribution < 1.29 is 17.9 Å². The van der Waals surface area contributed by atoms with Gasteiger partial charge in [-0.15, -0.1) is 11.6 Å². The lowest BCUT2D eigenvalue weighted by Crippen LogP contribution is -2.46. The number of ether oxygens (including phenoxy) is 1. The summed E-state index contributed by atoms with van der Waals surface area (Å²) in [6.45, 7) is 0. The molecule has 1 aliphatic carbocycles. The van der Waals surface area contributed by atoms with Gasteiger partial charge in [-0.2, -0.15) is 13.1 Å². The molecule has 0 aromatic heterocycles. The lowest BCUT2D eigenvalue weighted by atomic mass is 10.3. The second-order valence-corrected chi connectivity index (χ2v) is 5.28. The van der Waals surface area contributed by atoms with Gasteiger partial charge >= 0.3 is 16.3 Å². The Hall–Kier alpha value is -0.530. The van der Waals surface area contributed by atoms with Crippen LogP contribution < -0.4 is 9.44 Å². The maximum Gasteiger partial charge on any atom is 0.421 e. The number of carbonyl (C=O) groups is 1. The largest absolute Gasteiger partial charge is 0.452 e. The van der Waals surface area contributed by atoms with Gasteiger partial charge in [0.15, 0.2) is 0 Å². The van der Waals surface area contributed by atoms with Gasteiger partial charge in [-0.1, -0.05) is 6.42 Å². The van der Waals surface area contributed by atoms with Crippen LogP contribution >= 0.6 is 11.6 Å². The number of methoxy groups -OCH3 is 1. The molecule has 1 amide bonds. The zero-order valence-corrected chi connectivity index (χ0v) is 9.77. The van der Waals surface area contributed by atoms with Crippen LogP contribution in [-0.2, 0) is 14.9 Å². The van der Waals surface area contributed by atoms with Crippen molar-refractivity contribution in [2.75, 3.05) is 7.11 Å². The molecular formula is C7H13ClN2O4S. The highest BCUT2D eigenvalue weighted by Gasteiger charge is 2.29. The molecule has 15 heavy (non-hydrogen) atoms. The molecule has 2 unspecified atom stereocenters. The molecule has 0 radical (unpaired) electrons. The highest BCUT2D eigenvalue weighted by atomic mass is 35.5. The van der Waals surface area contributed by atoms with Gasteiger partial charge in [0.2, 0.25) is 0 Å². The Labute approximate surface area is 93.5 Å². The fourth-order valence-electron chi connectivity index (χ4n) is 1.43. The molecule has 0 spiro atoms. The SMILES string of the molecule is COC(=O)NS(=O)(=O)NC1CCCC1Cl. The average molecular weight is 257 g/mol. The van der Waals surface area contributed by atoms with E-state index >= 15 is 0 Å². The van der Waals surface area contributed by atoms with Crippen LogP contribution in [-0.4, -0.2) is 33.0 Å². The molecule has 1 aliphatic rings. The minimum atomic E-state index is -3.87. The molecule has 1 fully saturated rings. The van der Waals surface area contributed by atoms with Crippen LogP contribution in [0.4, 0.5) is 4.79 Å². The standard InChI is InChI=1S/C7H13ClN2O4S/c1-14-7(11)10-15(12,13)9-6-4-2-3-5(6)8/h5-6,9H,2-4H2,1H3,(H,10,11). The number of halogens is 1. The summed E-state index contributed by atoms with van der Waals surface area (Å²) in [5.41, 5.74) is 0. The average Bonchev–Trinajstić information content (AvgIpc) is 2.50. The third-order valence-corrected chi connectivity index (χ3v) is 3.71. The van der Waals surface area contributed by atoms with E-state index < -0.39 is 16.3 Å². The number of hydrogen-bond acceptors (Lipinski definition) is 4. The highest BCUT2D eigenvalue weighted by molar-refractivity contribution is 7.88. The smallest absolute Gasteiger partial charge is 0.421 e. The molecule has 0 aromatic carbocycles. The number of hydrogen-bond donors (Lipinski definition) is 2. The Balaban J connectivity index is 2.52. The minimum absolute atomic E-state index is 0.223. The maximum absolute atomic E-state index is 11.3. The van der Waals surface area contributed by atoms with Crippen LogP contribution in [0, 0.1) is 0 Å². The Morgan fingerprint density at radius 2 is 2.13 bits per heavy atom. The van der Waals surface area contributed by atoms with Crippen LogP contribution in [0.3, 0.4) is 0 Å². The first-order valence-electron chi connectivity index (χ1n) is 4.46. The molecule has 8 heteroatoms. The molecule has 6 nitrogen and oxygen atoms in total. The van der Waals surface area contributed by atoms with Gasteiger partial charge in [0, 0.05) is 6.04 Å². The van der Waals surface area contributed by atoms with Crippen molar-refractivity contribution in [2.24, 2.45) is 0 Å². The minimum Gasteiger partial charge on any atom is -0.452 e. The fourth-order valence-corrected chi connectivity index (χ4v) is 2.89. The predicted octanol–water partition coefficient (Wildman–Crippen LogP) is 0.337. The Kier molecular flexibility index (Phi) is 4.18. The molecule has 0 aromatic rings. The zero-order chi connectivity index (χ0) is 11.5. The van der Waals surface area contributed by atoms with E-state index in [-0.39, 0.29) is 11.4 Å². The molecule has 1 saturated carbocycles. The number of alkyl halides is 1. The summed E-state index contributed by atoms with van der Waals surface area (Å²) >= 11 is 5.88. The van der Waals surface area contributed by atoms with Crippen LogP contribution in [0.25, 0.3) is 0 Å². The summed E-state index contributed by atoms with van der Waals surface area (Å²) < 4.78 is 30.8. The molecule has 0 saturated heterocycles. The van der Waals surface area contributed by atoms with Crippen LogP contribution in [0.15, 0.2) is 0 Å². The highest BCUT2D eigenvalue weighted by Crippen LogP contribution is 2.24. The van der Waals surface area contributed by atoms with E-state index in [4.69, 9.17) is 11.6 Å². The third-order valence-electron chi connectivity index (χ3n) is 2.14. The van der Waals surface area contributed by atoms with Crippen molar-refractivity contribution in [3.8, 4) is 0 Å². The van der Waals surface area contributed by atoms with Crippen molar-refractivity contribution in [3.05, 3.63) is 0 Å². The number of amides is 1. The summed E-state index contributed by atoms with van der Waals surface area (Å²) in [7, 11) is -2.78. The number of nitrogens with one attached hydrogen (secondary N) is 2. The third kappa shape index (κ3) is 3.84. The molecule has 2 N–H and O–H groups in total. The Morgan fingerprint density at radius 1 is 1.47 bits per heavy atom. The van der Waals surface area contributed by atoms with Gasteiger partial charge in [-0.3, -0.25) is 0 Å². The van der Waals surface area contributed by atoms with Crippen molar-refractivity contribution in [1.29, 1.82) is 0 Å². The van der Waals surface area contributed by atoms with Crippen LogP contribution in [0.5, 0.6) is 0 Å². The van der Waals surface area contributed by atoms with Crippen LogP contribution in [0.1, 0.15) is 19.3 Å². The van der Waals surface area contributed by atoms with Gasteiger partial charge < -0.3 is 4.74 Å². The fraction of sp³-hybridized carbons (Fsp3) is 0.857.